The van der Waals surface area contributed by atoms with Gasteiger partial charge in [-0.05, 0) is 61.3 Å². The first-order chi connectivity index (χ1) is 12.8. The van der Waals surface area contributed by atoms with Crippen molar-refractivity contribution in [2.24, 2.45) is 5.92 Å². The topological polar surface area (TPSA) is 58.6 Å². The summed E-state index contributed by atoms with van der Waals surface area (Å²) in [6.45, 7) is 7.12. The fraction of sp³-hybridized carbons (Fsp3) is 0.714. The van der Waals surface area contributed by atoms with E-state index in [1.54, 1.807) is 0 Å². The molecular formula is C21H34N2O3S. The lowest BCUT2D eigenvalue weighted by molar-refractivity contribution is 0.0435. The maximum Gasteiger partial charge on any atom is 0.234 e. The molecule has 5 nitrogen and oxygen atoms in total. The van der Waals surface area contributed by atoms with Crippen molar-refractivity contribution in [3.05, 3.63) is 29.8 Å². The number of benzene rings is 1. The molecule has 6 heteroatoms. The molecule has 0 spiro atoms. The van der Waals surface area contributed by atoms with Crippen molar-refractivity contribution in [3.8, 4) is 0 Å². The Bertz CT molecular complexity index is 735. The van der Waals surface area contributed by atoms with Crippen LogP contribution in [-0.4, -0.2) is 51.9 Å². The van der Waals surface area contributed by atoms with Crippen LogP contribution >= 0.6 is 0 Å². The van der Waals surface area contributed by atoms with Gasteiger partial charge < -0.3 is 9.64 Å². The summed E-state index contributed by atoms with van der Waals surface area (Å²) in [7, 11) is -1.86. The molecule has 2 fully saturated rings. The van der Waals surface area contributed by atoms with Gasteiger partial charge in [0.15, 0.2) is 0 Å². The second-order valence-electron chi connectivity index (χ2n) is 8.66. The Labute approximate surface area is 164 Å². The van der Waals surface area contributed by atoms with Crippen LogP contribution in [0.4, 0.5) is 5.69 Å². The highest BCUT2D eigenvalue weighted by Gasteiger charge is 2.43. The summed E-state index contributed by atoms with van der Waals surface area (Å²) >= 11 is 0. The summed E-state index contributed by atoms with van der Waals surface area (Å²) in [5.74, 6) is 0.676. The van der Waals surface area contributed by atoms with E-state index in [9.17, 15) is 8.42 Å². The van der Waals surface area contributed by atoms with Crippen molar-refractivity contribution < 1.29 is 13.2 Å². The van der Waals surface area contributed by atoms with Crippen LogP contribution in [0.15, 0.2) is 24.3 Å². The Hall–Kier alpha value is -1.11. The van der Waals surface area contributed by atoms with Crippen LogP contribution < -0.4 is 4.72 Å². The predicted octanol–water partition coefficient (Wildman–Crippen LogP) is 3.62. The van der Waals surface area contributed by atoms with Crippen molar-refractivity contribution in [3.63, 3.8) is 0 Å². The van der Waals surface area contributed by atoms with Gasteiger partial charge in [-0.2, -0.15) is 0 Å². The largest absolute Gasteiger partial charge is 0.384 e. The molecule has 1 heterocycles. The van der Waals surface area contributed by atoms with Gasteiger partial charge in [-0.3, -0.25) is 4.72 Å². The third-order valence-corrected chi connectivity index (χ3v) is 7.37. The van der Waals surface area contributed by atoms with Gasteiger partial charge >= 0.3 is 0 Å². The minimum atomic E-state index is -3.37. The number of nitrogens with one attached hydrogen (secondary N) is 1. The molecule has 0 aromatic heterocycles. The molecule has 152 valence electrons. The van der Waals surface area contributed by atoms with Crippen molar-refractivity contribution in [2.45, 2.75) is 57.4 Å². The smallest absolute Gasteiger partial charge is 0.234 e. The van der Waals surface area contributed by atoms with E-state index in [0.717, 1.165) is 13.0 Å². The van der Waals surface area contributed by atoms with Gasteiger partial charge in [0, 0.05) is 25.4 Å². The molecular weight excluding hydrogens is 360 g/mol. The van der Waals surface area contributed by atoms with Gasteiger partial charge in [0.25, 0.3) is 0 Å². The van der Waals surface area contributed by atoms with E-state index in [4.69, 9.17) is 4.74 Å². The number of fused-ring (bicyclic) bond motifs is 2. The van der Waals surface area contributed by atoms with Crippen LogP contribution in [0.5, 0.6) is 0 Å². The first kappa shape index (κ1) is 20.6. The molecule has 1 saturated heterocycles. The molecule has 2 unspecified atom stereocenters. The van der Waals surface area contributed by atoms with Crippen LogP contribution in [0.2, 0.25) is 0 Å². The van der Waals surface area contributed by atoms with Gasteiger partial charge in [0.2, 0.25) is 10.0 Å². The molecule has 1 aromatic carbocycles. The lowest BCUT2D eigenvalue weighted by atomic mass is 9.63. The normalized spacial score (nSPS) is 26.3. The molecule has 0 amide bonds. The van der Waals surface area contributed by atoms with Crippen molar-refractivity contribution in [1.29, 1.82) is 0 Å². The molecule has 2 aliphatic rings. The number of ether oxygens (including phenoxy) is 1. The second kappa shape index (κ2) is 8.50. The zero-order valence-electron chi connectivity index (χ0n) is 16.9. The average molecular weight is 395 g/mol. The summed E-state index contributed by atoms with van der Waals surface area (Å²) in [6, 6.07) is 8.75. The molecule has 1 aromatic rings. The van der Waals surface area contributed by atoms with Gasteiger partial charge in [-0.25, -0.2) is 8.42 Å². The van der Waals surface area contributed by atoms with Crippen molar-refractivity contribution in [2.75, 3.05) is 37.3 Å². The molecule has 27 heavy (non-hydrogen) atoms. The van der Waals surface area contributed by atoms with Crippen LogP contribution in [-0.2, 0) is 20.2 Å². The first-order valence-corrected chi connectivity index (χ1v) is 11.8. The van der Waals surface area contributed by atoms with E-state index in [1.165, 1.54) is 44.9 Å². The maximum absolute atomic E-state index is 12.2. The Morgan fingerprint density at radius 1 is 1.33 bits per heavy atom. The van der Waals surface area contributed by atoms with E-state index in [0.29, 0.717) is 17.6 Å². The summed E-state index contributed by atoms with van der Waals surface area (Å²) in [4.78, 5) is 2.68. The molecule has 1 aliphatic heterocycles. The number of likely N-dealkylation sites (tertiary alicyclic amines) is 1. The number of nitrogens with zero attached hydrogens (tertiary/aromatic N) is 1. The zero-order chi connectivity index (χ0) is 19.5. The van der Waals surface area contributed by atoms with Gasteiger partial charge in [0.1, 0.15) is 0 Å². The number of sulfonamides is 1. The number of methoxy groups -OCH3 is 1. The van der Waals surface area contributed by atoms with Crippen molar-refractivity contribution >= 4 is 15.7 Å². The molecule has 1 N–H and O–H groups in total. The van der Waals surface area contributed by atoms with E-state index in [2.05, 4.69) is 35.6 Å². The lowest BCUT2D eigenvalue weighted by Gasteiger charge is -2.51. The molecule has 1 aliphatic carbocycles. The lowest BCUT2D eigenvalue weighted by Crippen LogP contribution is -2.52. The van der Waals surface area contributed by atoms with Gasteiger partial charge in [-0.1, -0.05) is 32.4 Å². The molecule has 1 saturated carbocycles. The zero-order valence-corrected chi connectivity index (χ0v) is 17.7. The van der Waals surface area contributed by atoms with E-state index >= 15 is 0 Å². The fourth-order valence-electron chi connectivity index (χ4n) is 4.86. The average Bonchev–Trinajstić information content (AvgIpc) is 2.62. The van der Waals surface area contributed by atoms with Crippen molar-refractivity contribution in [1.82, 2.24) is 4.90 Å². The van der Waals surface area contributed by atoms with Gasteiger partial charge in [0.05, 0.1) is 12.4 Å². The number of hydrogen-bond acceptors (Lipinski definition) is 4. The predicted molar refractivity (Wildman–Crippen MR) is 111 cm³/mol. The fourth-order valence-corrected chi connectivity index (χ4v) is 5.84. The summed E-state index contributed by atoms with van der Waals surface area (Å²) in [5, 5.41) is 0. The highest BCUT2D eigenvalue weighted by atomic mass is 32.2. The highest BCUT2D eigenvalue weighted by Crippen LogP contribution is 2.47. The Balaban J connectivity index is 1.76. The molecule has 0 radical (unpaired) electrons. The number of rotatable bonds is 8. The third kappa shape index (κ3) is 5.04. The van der Waals surface area contributed by atoms with Crippen LogP contribution in [0.25, 0.3) is 0 Å². The molecule has 2 bridgehead atoms. The van der Waals surface area contributed by atoms with Gasteiger partial charge in [-0.15, -0.1) is 0 Å². The molecule has 2 atom stereocenters. The summed E-state index contributed by atoms with van der Waals surface area (Å²) < 4.78 is 32.0. The number of hydrogen-bond donors (Lipinski definition) is 1. The number of anilines is 1. The first-order valence-electron chi connectivity index (χ1n) is 10.2. The van der Waals surface area contributed by atoms with Crippen LogP contribution in [0.3, 0.4) is 0 Å². The summed E-state index contributed by atoms with van der Waals surface area (Å²) in [5.41, 5.74) is 2.16. The van der Waals surface area contributed by atoms with E-state index in [1.807, 2.05) is 12.1 Å². The number of piperidine rings is 1. The van der Waals surface area contributed by atoms with Crippen LogP contribution in [0.1, 0.15) is 51.5 Å². The maximum atomic E-state index is 12.2. The van der Waals surface area contributed by atoms with E-state index < -0.39 is 10.0 Å². The summed E-state index contributed by atoms with van der Waals surface area (Å²) in [6.07, 6.45) is 6.11. The minimum absolute atomic E-state index is 0.0227. The van der Waals surface area contributed by atoms with Crippen LogP contribution in [0, 0.1) is 5.92 Å². The Morgan fingerprint density at radius 3 is 2.89 bits per heavy atom. The highest BCUT2D eigenvalue weighted by molar-refractivity contribution is 7.92. The monoisotopic (exact) mass is 394 g/mol. The Morgan fingerprint density at radius 2 is 2.15 bits per heavy atom. The second-order valence-corrected chi connectivity index (χ2v) is 10.5. The molecule has 3 rings (SSSR count). The minimum Gasteiger partial charge on any atom is -0.384 e. The SMILES string of the molecule is COCCS(=O)(=O)Nc1cccc(C23CCCC(C2)N(CC(C)C)CC3)c1. The van der Waals surface area contributed by atoms with E-state index in [-0.39, 0.29) is 17.8 Å². The standard InChI is InChI=1S/C21H34N2O3S/c1-17(2)16-23-11-10-21(9-5-8-20(23)15-21)18-6-4-7-19(14-18)22-27(24,25)13-12-26-3/h4,6-7,14,17,20,22H,5,8-13,15-16H2,1-3H3. The third-order valence-electron chi connectivity index (χ3n) is 6.12. The quantitative estimate of drug-likeness (QED) is 0.732. The Kier molecular flexibility index (Phi) is 6.49.